The van der Waals surface area contributed by atoms with Crippen molar-refractivity contribution in [1.82, 2.24) is 5.32 Å². The molecule has 0 bridgehead atoms. The number of fused-ring (bicyclic) bond motifs is 1. The molecule has 1 saturated carbocycles. The number of nitrogens with zero attached hydrogens (tertiary/aromatic N) is 1. The maximum absolute atomic E-state index is 12.6. The molecular formula is C24H25N3O3. The van der Waals surface area contributed by atoms with E-state index < -0.39 is 0 Å². The van der Waals surface area contributed by atoms with Gasteiger partial charge in [0, 0.05) is 42.5 Å². The second-order valence-corrected chi connectivity index (χ2v) is 7.74. The number of carbonyl (C=O) groups excluding carboxylic acids is 3. The maximum Gasteiger partial charge on any atom is 0.251 e. The van der Waals surface area contributed by atoms with Crippen LogP contribution in [0.25, 0.3) is 0 Å². The van der Waals surface area contributed by atoms with E-state index in [-0.39, 0.29) is 23.6 Å². The predicted molar refractivity (Wildman–Crippen MR) is 116 cm³/mol. The van der Waals surface area contributed by atoms with Crippen molar-refractivity contribution in [2.24, 2.45) is 5.92 Å². The van der Waals surface area contributed by atoms with Crippen LogP contribution in [0.4, 0.5) is 11.4 Å². The van der Waals surface area contributed by atoms with Crippen LogP contribution in [0.3, 0.4) is 0 Å². The summed E-state index contributed by atoms with van der Waals surface area (Å²) in [7, 11) is 0. The van der Waals surface area contributed by atoms with Gasteiger partial charge in [0.1, 0.15) is 0 Å². The van der Waals surface area contributed by atoms with Gasteiger partial charge in [-0.25, -0.2) is 0 Å². The van der Waals surface area contributed by atoms with Crippen molar-refractivity contribution >= 4 is 29.1 Å². The van der Waals surface area contributed by atoms with E-state index in [1.54, 1.807) is 4.90 Å². The van der Waals surface area contributed by atoms with Crippen LogP contribution >= 0.6 is 0 Å². The van der Waals surface area contributed by atoms with Crippen LogP contribution in [0.15, 0.2) is 60.7 Å². The standard InChI is InChI=1S/C24H25N3O3/c28-22(12-13-23(29)27-14-4-7-18-6-1-2-9-21(18)27)25-16-17-5-3-8-20(15-17)26-24(30)19-10-11-19/h1-3,5-6,8-9,12-13,15,19H,4,7,10-11,14,16H2,(H,25,28)(H,26,30)/b13-12+. The molecule has 2 aliphatic rings. The Morgan fingerprint density at radius 1 is 1.03 bits per heavy atom. The van der Waals surface area contributed by atoms with Gasteiger partial charge >= 0.3 is 0 Å². The third-order valence-electron chi connectivity index (χ3n) is 5.36. The first-order valence-corrected chi connectivity index (χ1v) is 10.4. The van der Waals surface area contributed by atoms with E-state index in [4.69, 9.17) is 0 Å². The van der Waals surface area contributed by atoms with Crippen molar-refractivity contribution in [2.45, 2.75) is 32.2 Å². The number of aryl methyl sites for hydroxylation is 1. The van der Waals surface area contributed by atoms with Crippen molar-refractivity contribution < 1.29 is 14.4 Å². The monoisotopic (exact) mass is 403 g/mol. The molecule has 2 N–H and O–H groups in total. The minimum atomic E-state index is -0.332. The van der Waals surface area contributed by atoms with E-state index in [1.165, 1.54) is 12.2 Å². The first kappa shape index (κ1) is 19.9. The minimum absolute atomic E-state index is 0.0527. The number of para-hydroxylation sites is 1. The highest BCUT2D eigenvalue weighted by atomic mass is 16.2. The second kappa shape index (κ2) is 8.95. The van der Waals surface area contributed by atoms with Gasteiger partial charge in [-0.15, -0.1) is 0 Å². The van der Waals surface area contributed by atoms with E-state index >= 15 is 0 Å². The van der Waals surface area contributed by atoms with E-state index in [2.05, 4.69) is 10.6 Å². The molecule has 1 fully saturated rings. The minimum Gasteiger partial charge on any atom is -0.348 e. The molecule has 1 heterocycles. The second-order valence-electron chi connectivity index (χ2n) is 7.74. The summed E-state index contributed by atoms with van der Waals surface area (Å²) in [5.41, 5.74) is 3.68. The number of benzene rings is 2. The van der Waals surface area contributed by atoms with Crippen LogP contribution in [-0.2, 0) is 27.3 Å². The Balaban J connectivity index is 1.30. The first-order chi connectivity index (χ1) is 14.6. The molecule has 0 unspecified atom stereocenters. The zero-order chi connectivity index (χ0) is 20.9. The van der Waals surface area contributed by atoms with Gasteiger partial charge in [0.15, 0.2) is 0 Å². The molecule has 1 aliphatic heterocycles. The summed E-state index contributed by atoms with van der Waals surface area (Å²) in [5, 5.41) is 5.68. The van der Waals surface area contributed by atoms with Crippen LogP contribution in [0.1, 0.15) is 30.4 Å². The molecule has 0 atom stereocenters. The van der Waals surface area contributed by atoms with Crippen molar-refractivity contribution in [2.75, 3.05) is 16.8 Å². The third-order valence-corrected chi connectivity index (χ3v) is 5.36. The van der Waals surface area contributed by atoms with Gasteiger partial charge in [0.05, 0.1) is 0 Å². The van der Waals surface area contributed by atoms with Crippen molar-refractivity contribution in [1.29, 1.82) is 0 Å². The molecule has 2 aromatic carbocycles. The largest absolute Gasteiger partial charge is 0.348 e. The van der Waals surface area contributed by atoms with Crippen LogP contribution in [0.5, 0.6) is 0 Å². The number of carbonyl (C=O) groups is 3. The van der Waals surface area contributed by atoms with Gasteiger partial charge in [-0.2, -0.15) is 0 Å². The maximum atomic E-state index is 12.6. The molecule has 2 aromatic rings. The highest BCUT2D eigenvalue weighted by Crippen LogP contribution is 2.30. The lowest BCUT2D eigenvalue weighted by Crippen LogP contribution is -2.34. The fourth-order valence-corrected chi connectivity index (χ4v) is 3.60. The third kappa shape index (κ3) is 4.95. The zero-order valence-corrected chi connectivity index (χ0v) is 16.8. The number of anilines is 2. The average molecular weight is 403 g/mol. The number of hydrogen-bond donors (Lipinski definition) is 2. The number of amides is 3. The molecule has 0 saturated heterocycles. The molecule has 1 aliphatic carbocycles. The lowest BCUT2D eigenvalue weighted by Gasteiger charge is -2.28. The summed E-state index contributed by atoms with van der Waals surface area (Å²) in [6.07, 6.45) is 6.38. The molecule has 6 heteroatoms. The average Bonchev–Trinajstić information content (AvgIpc) is 3.61. The number of rotatable bonds is 6. The van der Waals surface area contributed by atoms with E-state index in [9.17, 15) is 14.4 Å². The highest BCUT2D eigenvalue weighted by Gasteiger charge is 2.29. The van der Waals surface area contributed by atoms with Gasteiger partial charge in [0.25, 0.3) is 5.91 Å². The quantitative estimate of drug-likeness (QED) is 0.727. The van der Waals surface area contributed by atoms with Crippen molar-refractivity contribution in [3.8, 4) is 0 Å². The Morgan fingerprint density at radius 3 is 2.70 bits per heavy atom. The molecule has 0 spiro atoms. The molecule has 3 amide bonds. The fourth-order valence-electron chi connectivity index (χ4n) is 3.60. The molecular weight excluding hydrogens is 378 g/mol. The lowest BCUT2D eigenvalue weighted by atomic mass is 10.0. The Labute approximate surface area is 176 Å². The summed E-state index contributed by atoms with van der Waals surface area (Å²) in [6.45, 7) is 0.970. The van der Waals surface area contributed by atoms with E-state index in [0.29, 0.717) is 13.1 Å². The Hall–Kier alpha value is -3.41. The molecule has 0 aromatic heterocycles. The normalized spacial score (nSPS) is 15.5. The summed E-state index contributed by atoms with van der Waals surface area (Å²) in [4.78, 5) is 38.3. The molecule has 30 heavy (non-hydrogen) atoms. The summed E-state index contributed by atoms with van der Waals surface area (Å²) >= 11 is 0. The predicted octanol–water partition coefficient (Wildman–Crippen LogP) is 3.19. The van der Waals surface area contributed by atoms with Crippen LogP contribution in [0, 0.1) is 5.92 Å². The Morgan fingerprint density at radius 2 is 1.87 bits per heavy atom. The Bertz CT molecular complexity index is 995. The van der Waals surface area contributed by atoms with Gasteiger partial charge < -0.3 is 15.5 Å². The molecule has 6 nitrogen and oxygen atoms in total. The summed E-state index contributed by atoms with van der Waals surface area (Å²) in [6, 6.07) is 15.3. The highest BCUT2D eigenvalue weighted by molar-refractivity contribution is 6.05. The molecule has 4 rings (SSSR count). The molecule has 0 radical (unpaired) electrons. The summed E-state index contributed by atoms with van der Waals surface area (Å²) < 4.78 is 0. The van der Waals surface area contributed by atoms with Crippen LogP contribution < -0.4 is 15.5 Å². The summed E-state index contributed by atoms with van der Waals surface area (Å²) in [5.74, 6) is -0.331. The van der Waals surface area contributed by atoms with Gasteiger partial charge in [0.2, 0.25) is 11.8 Å². The first-order valence-electron chi connectivity index (χ1n) is 10.4. The SMILES string of the molecule is O=C(/C=C/C(=O)N1CCCc2ccccc21)NCc1cccc(NC(=O)C2CC2)c1. The zero-order valence-electron chi connectivity index (χ0n) is 16.8. The van der Waals surface area contributed by atoms with Gasteiger partial charge in [-0.3, -0.25) is 14.4 Å². The topological polar surface area (TPSA) is 78.5 Å². The van der Waals surface area contributed by atoms with Crippen molar-refractivity contribution in [3.63, 3.8) is 0 Å². The van der Waals surface area contributed by atoms with Crippen LogP contribution in [-0.4, -0.2) is 24.3 Å². The lowest BCUT2D eigenvalue weighted by molar-refractivity contribution is -0.118. The van der Waals surface area contributed by atoms with Gasteiger partial charge in [-0.1, -0.05) is 30.3 Å². The van der Waals surface area contributed by atoms with E-state index in [0.717, 1.165) is 48.2 Å². The van der Waals surface area contributed by atoms with Gasteiger partial charge in [-0.05, 0) is 55.0 Å². The number of hydrogen-bond acceptors (Lipinski definition) is 3. The Kier molecular flexibility index (Phi) is 5.93. The van der Waals surface area contributed by atoms with Crippen LogP contribution in [0.2, 0.25) is 0 Å². The molecule has 154 valence electrons. The van der Waals surface area contributed by atoms with Crippen molar-refractivity contribution in [3.05, 3.63) is 71.8 Å². The smallest absolute Gasteiger partial charge is 0.251 e. The fraction of sp³-hybridized carbons (Fsp3) is 0.292. The number of nitrogens with one attached hydrogen (secondary N) is 2. The van der Waals surface area contributed by atoms with E-state index in [1.807, 2.05) is 48.5 Å².